The maximum Gasteiger partial charge on any atom is 0.327 e. The summed E-state index contributed by atoms with van der Waals surface area (Å²) in [5.41, 5.74) is -0.0421. The summed E-state index contributed by atoms with van der Waals surface area (Å²) < 4.78 is 1.46. The van der Waals surface area contributed by atoms with Crippen LogP contribution in [0.25, 0.3) is 0 Å². The summed E-state index contributed by atoms with van der Waals surface area (Å²) in [7, 11) is 0. The van der Waals surface area contributed by atoms with Crippen molar-refractivity contribution in [2.75, 3.05) is 19.6 Å². The van der Waals surface area contributed by atoms with Crippen molar-refractivity contribution in [3.05, 3.63) is 28.1 Å². The third kappa shape index (κ3) is 2.87. The SMILES string of the molecule is CCn1cc([N+](=O)[O-])cc1C(=O)N1CCNCC1C(=O)O. The van der Waals surface area contributed by atoms with Gasteiger partial charge >= 0.3 is 5.97 Å². The number of carboxylic acids is 1. The fourth-order valence-electron chi connectivity index (χ4n) is 2.35. The van der Waals surface area contributed by atoms with Gasteiger partial charge in [-0.2, -0.15) is 0 Å². The molecule has 0 saturated carbocycles. The van der Waals surface area contributed by atoms with Crippen molar-refractivity contribution in [1.29, 1.82) is 0 Å². The van der Waals surface area contributed by atoms with Crippen LogP contribution in [0.15, 0.2) is 12.3 Å². The Morgan fingerprint density at radius 2 is 2.29 bits per heavy atom. The number of hydrogen-bond acceptors (Lipinski definition) is 5. The zero-order valence-corrected chi connectivity index (χ0v) is 11.5. The van der Waals surface area contributed by atoms with Gasteiger partial charge in [-0.25, -0.2) is 4.79 Å². The van der Waals surface area contributed by atoms with E-state index in [0.29, 0.717) is 13.1 Å². The second-order valence-corrected chi connectivity index (χ2v) is 4.68. The molecular weight excluding hydrogens is 280 g/mol. The van der Waals surface area contributed by atoms with Crippen molar-refractivity contribution < 1.29 is 19.6 Å². The number of piperazine rings is 1. The average Bonchev–Trinajstić information content (AvgIpc) is 2.90. The Morgan fingerprint density at radius 1 is 1.57 bits per heavy atom. The van der Waals surface area contributed by atoms with Crippen molar-refractivity contribution >= 4 is 17.6 Å². The molecule has 2 N–H and O–H groups in total. The number of carboxylic acid groups (broad SMARTS) is 1. The minimum Gasteiger partial charge on any atom is -0.480 e. The topological polar surface area (TPSA) is 118 Å². The van der Waals surface area contributed by atoms with Gasteiger partial charge in [-0.05, 0) is 6.92 Å². The molecule has 1 saturated heterocycles. The number of aryl methyl sites for hydroxylation is 1. The first-order chi connectivity index (χ1) is 9.95. The predicted molar refractivity (Wildman–Crippen MR) is 72.1 cm³/mol. The van der Waals surface area contributed by atoms with Crippen LogP contribution in [0.4, 0.5) is 5.69 Å². The van der Waals surface area contributed by atoms with Crippen LogP contribution in [0.5, 0.6) is 0 Å². The molecule has 21 heavy (non-hydrogen) atoms. The standard InChI is InChI=1S/C12H16N4O5/c1-2-14-7-8(16(20)21)5-9(14)11(17)15-4-3-13-6-10(15)12(18)19/h5,7,10,13H,2-4,6H2,1H3,(H,18,19). The zero-order valence-electron chi connectivity index (χ0n) is 11.5. The highest BCUT2D eigenvalue weighted by Crippen LogP contribution is 2.19. The van der Waals surface area contributed by atoms with Gasteiger partial charge in [-0.1, -0.05) is 0 Å². The van der Waals surface area contributed by atoms with Gasteiger partial charge in [0.05, 0.1) is 11.1 Å². The molecule has 0 aliphatic carbocycles. The summed E-state index contributed by atoms with van der Waals surface area (Å²) in [6, 6.07) is 0.220. The molecule has 2 rings (SSSR count). The fraction of sp³-hybridized carbons (Fsp3) is 0.500. The van der Waals surface area contributed by atoms with E-state index in [0.717, 1.165) is 0 Å². The lowest BCUT2D eigenvalue weighted by Crippen LogP contribution is -2.57. The summed E-state index contributed by atoms with van der Waals surface area (Å²) in [5.74, 6) is -1.60. The van der Waals surface area contributed by atoms with E-state index >= 15 is 0 Å². The number of hydrogen-bond donors (Lipinski definition) is 2. The minimum absolute atomic E-state index is 0.136. The van der Waals surface area contributed by atoms with Gasteiger partial charge in [0, 0.05) is 32.2 Å². The molecule has 0 aromatic carbocycles. The molecular formula is C12H16N4O5. The molecule has 9 nitrogen and oxygen atoms in total. The third-order valence-corrected chi connectivity index (χ3v) is 3.44. The van der Waals surface area contributed by atoms with Crippen molar-refractivity contribution in [2.24, 2.45) is 0 Å². The Hall–Kier alpha value is -2.42. The molecule has 1 atom stereocenters. The highest BCUT2D eigenvalue weighted by molar-refractivity contribution is 5.96. The lowest BCUT2D eigenvalue weighted by molar-refractivity contribution is -0.384. The number of nitrogens with one attached hydrogen (secondary N) is 1. The molecule has 1 amide bonds. The van der Waals surface area contributed by atoms with Crippen LogP contribution >= 0.6 is 0 Å². The summed E-state index contributed by atoms with van der Waals surface area (Å²) in [5, 5.41) is 22.9. The molecule has 1 aromatic heterocycles. The van der Waals surface area contributed by atoms with Crippen molar-refractivity contribution in [2.45, 2.75) is 19.5 Å². The summed E-state index contributed by atoms with van der Waals surface area (Å²) >= 11 is 0. The van der Waals surface area contributed by atoms with E-state index in [9.17, 15) is 24.8 Å². The number of rotatable bonds is 4. The van der Waals surface area contributed by atoms with Crippen molar-refractivity contribution in [3.8, 4) is 0 Å². The Labute approximate surface area is 120 Å². The van der Waals surface area contributed by atoms with E-state index in [4.69, 9.17) is 0 Å². The van der Waals surface area contributed by atoms with Crippen LogP contribution in [0.2, 0.25) is 0 Å². The van der Waals surface area contributed by atoms with Crippen LogP contribution in [-0.4, -0.2) is 57.0 Å². The third-order valence-electron chi connectivity index (χ3n) is 3.44. The number of carbonyl (C=O) groups is 2. The van der Waals surface area contributed by atoms with Crippen molar-refractivity contribution in [3.63, 3.8) is 0 Å². The molecule has 1 aliphatic heterocycles. The lowest BCUT2D eigenvalue weighted by atomic mass is 10.1. The number of nitro groups is 1. The Balaban J connectivity index is 2.33. The molecule has 2 heterocycles. The Kier molecular flexibility index (Phi) is 4.22. The Bertz CT molecular complexity index is 582. The highest BCUT2D eigenvalue weighted by atomic mass is 16.6. The number of aliphatic carboxylic acids is 1. The summed E-state index contributed by atoms with van der Waals surface area (Å²) in [6.07, 6.45) is 1.28. The van der Waals surface area contributed by atoms with E-state index in [1.807, 2.05) is 0 Å². The van der Waals surface area contributed by atoms with Gasteiger partial charge in [0.15, 0.2) is 0 Å². The Morgan fingerprint density at radius 3 is 2.86 bits per heavy atom. The van der Waals surface area contributed by atoms with Gasteiger partial charge in [-0.15, -0.1) is 0 Å². The largest absolute Gasteiger partial charge is 0.480 e. The molecule has 0 spiro atoms. The molecule has 1 aromatic rings. The fourth-order valence-corrected chi connectivity index (χ4v) is 2.35. The van der Waals surface area contributed by atoms with E-state index < -0.39 is 22.8 Å². The van der Waals surface area contributed by atoms with Crippen LogP contribution in [0.1, 0.15) is 17.4 Å². The first-order valence-electron chi connectivity index (χ1n) is 6.54. The number of amides is 1. The second kappa shape index (κ2) is 5.92. The molecule has 0 radical (unpaired) electrons. The van der Waals surface area contributed by atoms with Gasteiger partial charge in [-0.3, -0.25) is 14.9 Å². The van der Waals surface area contributed by atoms with E-state index in [2.05, 4.69) is 5.32 Å². The lowest BCUT2D eigenvalue weighted by Gasteiger charge is -2.33. The van der Waals surface area contributed by atoms with Gasteiger partial charge in [0.2, 0.25) is 0 Å². The first-order valence-corrected chi connectivity index (χ1v) is 6.54. The van der Waals surface area contributed by atoms with E-state index in [1.54, 1.807) is 6.92 Å². The molecule has 1 unspecified atom stereocenters. The van der Waals surface area contributed by atoms with Gasteiger partial charge < -0.3 is 19.9 Å². The smallest absolute Gasteiger partial charge is 0.327 e. The quantitative estimate of drug-likeness (QED) is 0.592. The number of aromatic nitrogens is 1. The highest BCUT2D eigenvalue weighted by Gasteiger charge is 2.34. The zero-order chi connectivity index (χ0) is 15.6. The van der Waals surface area contributed by atoms with Crippen LogP contribution in [0.3, 0.4) is 0 Å². The molecule has 114 valence electrons. The van der Waals surface area contributed by atoms with E-state index in [-0.39, 0.29) is 24.5 Å². The monoisotopic (exact) mass is 296 g/mol. The normalized spacial score (nSPS) is 18.5. The first kappa shape index (κ1) is 15.0. The average molecular weight is 296 g/mol. The number of nitrogens with zero attached hydrogens (tertiary/aromatic N) is 3. The van der Waals surface area contributed by atoms with Gasteiger partial charge in [0.25, 0.3) is 11.6 Å². The molecule has 1 fully saturated rings. The number of carbonyl (C=O) groups excluding carboxylic acids is 1. The van der Waals surface area contributed by atoms with Crippen LogP contribution in [0, 0.1) is 10.1 Å². The maximum absolute atomic E-state index is 12.5. The van der Waals surface area contributed by atoms with Crippen LogP contribution in [-0.2, 0) is 11.3 Å². The summed E-state index contributed by atoms with van der Waals surface area (Å²) in [4.78, 5) is 35.2. The molecule has 0 bridgehead atoms. The van der Waals surface area contributed by atoms with Crippen molar-refractivity contribution in [1.82, 2.24) is 14.8 Å². The molecule has 9 heteroatoms. The van der Waals surface area contributed by atoms with Crippen LogP contribution < -0.4 is 5.32 Å². The summed E-state index contributed by atoms with van der Waals surface area (Å²) in [6.45, 7) is 3.05. The second-order valence-electron chi connectivity index (χ2n) is 4.68. The van der Waals surface area contributed by atoms with Gasteiger partial charge in [0.1, 0.15) is 11.7 Å². The van der Waals surface area contributed by atoms with E-state index in [1.165, 1.54) is 21.7 Å². The minimum atomic E-state index is -1.10. The molecule has 1 aliphatic rings. The predicted octanol–water partition coefficient (Wildman–Crippen LogP) is -0.0852. The maximum atomic E-state index is 12.5.